The number of thiophene rings is 1. The molecule has 146 valence electrons. The predicted molar refractivity (Wildman–Crippen MR) is 109 cm³/mol. The second-order valence-electron chi connectivity index (χ2n) is 7.24. The Morgan fingerprint density at radius 2 is 2.04 bits per heavy atom. The number of nitrogens with one attached hydrogen (secondary N) is 1. The van der Waals surface area contributed by atoms with Gasteiger partial charge in [0.15, 0.2) is 0 Å². The van der Waals surface area contributed by atoms with Gasteiger partial charge in [-0.1, -0.05) is 41.1 Å². The number of aromatic nitrogens is 2. The van der Waals surface area contributed by atoms with Crippen molar-refractivity contribution in [3.63, 3.8) is 0 Å². The summed E-state index contributed by atoms with van der Waals surface area (Å²) in [5, 5.41) is 8.89. The summed E-state index contributed by atoms with van der Waals surface area (Å²) in [7, 11) is 0. The van der Waals surface area contributed by atoms with Crippen LogP contribution in [0.15, 0.2) is 46.3 Å². The van der Waals surface area contributed by atoms with Gasteiger partial charge in [0.05, 0.1) is 11.4 Å². The molecule has 1 fully saturated rings. The van der Waals surface area contributed by atoms with Gasteiger partial charge in [-0.15, -0.1) is 11.3 Å². The molecule has 0 spiro atoms. The Bertz CT molecular complexity index is 897. The summed E-state index contributed by atoms with van der Waals surface area (Å²) in [4.78, 5) is 20.2. The Kier molecular flexibility index (Phi) is 5.83. The van der Waals surface area contributed by atoms with E-state index in [1.54, 1.807) is 11.3 Å². The lowest BCUT2D eigenvalue weighted by Crippen LogP contribution is -2.40. The van der Waals surface area contributed by atoms with Crippen molar-refractivity contribution in [2.45, 2.75) is 32.9 Å². The zero-order valence-corrected chi connectivity index (χ0v) is 16.7. The molecule has 0 aliphatic carbocycles. The second-order valence-corrected chi connectivity index (χ2v) is 8.19. The van der Waals surface area contributed by atoms with Gasteiger partial charge >= 0.3 is 0 Å². The Morgan fingerprint density at radius 3 is 2.75 bits per heavy atom. The smallest absolute Gasteiger partial charge is 0.246 e. The van der Waals surface area contributed by atoms with Crippen molar-refractivity contribution in [1.82, 2.24) is 20.4 Å². The van der Waals surface area contributed by atoms with Crippen molar-refractivity contribution < 1.29 is 9.32 Å². The molecule has 28 heavy (non-hydrogen) atoms. The molecule has 3 heterocycles. The highest BCUT2D eigenvalue weighted by atomic mass is 32.1. The normalized spacial score (nSPS) is 15.6. The van der Waals surface area contributed by atoms with E-state index in [9.17, 15) is 4.79 Å². The topological polar surface area (TPSA) is 71.3 Å². The number of rotatable bonds is 6. The van der Waals surface area contributed by atoms with Gasteiger partial charge in [-0.25, -0.2) is 0 Å². The number of carbonyl (C=O) groups excluding carboxylic acids is 1. The predicted octanol–water partition coefficient (Wildman–Crippen LogP) is 3.63. The fourth-order valence-electron chi connectivity index (χ4n) is 3.44. The molecule has 0 unspecified atom stereocenters. The van der Waals surface area contributed by atoms with Crippen LogP contribution in [0.3, 0.4) is 0 Å². The van der Waals surface area contributed by atoms with Gasteiger partial charge in [-0.05, 0) is 49.9 Å². The van der Waals surface area contributed by atoms with Crippen molar-refractivity contribution in [3.8, 4) is 10.7 Å². The molecule has 0 saturated carbocycles. The van der Waals surface area contributed by atoms with Crippen molar-refractivity contribution in [2.24, 2.45) is 5.92 Å². The van der Waals surface area contributed by atoms with Crippen LogP contribution in [0, 0.1) is 12.8 Å². The van der Waals surface area contributed by atoms with Crippen LogP contribution in [0.25, 0.3) is 10.7 Å². The minimum absolute atomic E-state index is 0.0500. The van der Waals surface area contributed by atoms with Crippen LogP contribution in [0.4, 0.5) is 0 Å². The Balaban J connectivity index is 1.22. The summed E-state index contributed by atoms with van der Waals surface area (Å²) in [5.74, 6) is 1.14. The number of amides is 1. The van der Waals surface area contributed by atoms with Crippen molar-refractivity contribution in [2.75, 3.05) is 13.1 Å². The maximum absolute atomic E-state index is 12.5. The van der Waals surface area contributed by atoms with Crippen LogP contribution in [0.1, 0.15) is 29.9 Å². The summed E-state index contributed by atoms with van der Waals surface area (Å²) < 4.78 is 5.24. The molecular formula is C21H24N4O2S. The SMILES string of the molecule is Cc1ccc(CN2CCC(C(=O)NCc3nc(-c4cccs4)no3)CC2)cc1. The quantitative estimate of drug-likeness (QED) is 0.689. The first kappa shape index (κ1) is 18.8. The molecule has 7 heteroatoms. The number of carbonyl (C=O) groups is 1. The number of benzene rings is 1. The summed E-state index contributed by atoms with van der Waals surface area (Å²) in [6, 6.07) is 12.6. The van der Waals surface area contributed by atoms with Gasteiger partial charge in [0.2, 0.25) is 17.6 Å². The Labute approximate surface area is 168 Å². The van der Waals surface area contributed by atoms with Crippen molar-refractivity contribution in [1.29, 1.82) is 0 Å². The number of piperidine rings is 1. The first-order chi connectivity index (χ1) is 13.7. The first-order valence-corrected chi connectivity index (χ1v) is 10.5. The van der Waals surface area contributed by atoms with E-state index in [0.717, 1.165) is 37.4 Å². The average Bonchev–Trinajstić information content (AvgIpc) is 3.40. The third-order valence-electron chi connectivity index (χ3n) is 5.11. The van der Waals surface area contributed by atoms with Gasteiger partial charge in [0.1, 0.15) is 0 Å². The lowest BCUT2D eigenvalue weighted by atomic mass is 9.95. The summed E-state index contributed by atoms with van der Waals surface area (Å²) >= 11 is 1.56. The minimum atomic E-state index is 0.0500. The molecule has 1 aliphatic rings. The maximum atomic E-state index is 12.5. The Morgan fingerprint density at radius 1 is 1.25 bits per heavy atom. The molecule has 2 aromatic heterocycles. The van der Waals surface area contributed by atoms with Crippen LogP contribution in [-0.4, -0.2) is 34.0 Å². The van der Waals surface area contributed by atoms with Crippen LogP contribution in [0.2, 0.25) is 0 Å². The monoisotopic (exact) mass is 396 g/mol. The van der Waals surface area contributed by atoms with Crippen molar-refractivity contribution in [3.05, 3.63) is 58.8 Å². The van der Waals surface area contributed by atoms with Gasteiger partial charge < -0.3 is 9.84 Å². The number of hydrogen-bond donors (Lipinski definition) is 1. The van der Waals surface area contributed by atoms with Gasteiger partial charge in [0.25, 0.3) is 0 Å². The first-order valence-electron chi connectivity index (χ1n) is 9.59. The Hall–Kier alpha value is -2.51. The number of hydrogen-bond acceptors (Lipinski definition) is 6. The van der Waals surface area contributed by atoms with E-state index in [2.05, 4.69) is 51.5 Å². The average molecular weight is 397 g/mol. The van der Waals surface area contributed by atoms with Gasteiger partial charge in [0, 0.05) is 12.5 Å². The van der Waals surface area contributed by atoms with E-state index in [-0.39, 0.29) is 18.4 Å². The third-order valence-corrected chi connectivity index (χ3v) is 5.97. The van der Waals surface area contributed by atoms with E-state index >= 15 is 0 Å². The van der Waals surface area contributed by atoms with Gasteiger partial charge in [-0.3, -0.25) is 9.69 Å². The summed E-state index contributed by atoms with van der Waals surface area (Å²) in [6.45, 7) is 5.21. The molecule has 0 radical (unpaired) electrons. The van der Waals surface area contributed by atoms with E-state index < -0.39 is 0 Å². The fourth-order valence-corrected chi connectivity index (χ4v) is 4.09. The van der Waals surface area contributed by atoms with E-state index in [1.165, 1.54) is 11.1 Å². The maximum Gasteiger partial charge on any atom is 0.246 e. The number of nitrogens with zero attached hydrogens (tertiary/aromatic N) is 3. The van der Waals surface area contributed by atoms with E-state index in [1.807, 2.05) is 17.5 Å². The summed E-state index contributed by atoms with van der Waals surface area (Å²) in [6.07, 6.45) is 1.75. The minimum Gasteiger partial charge on any atom is -0.347 e. The molecular weight excluding hydrogens is 372 g/mol. The molecule has 1 aromatic carbocycles. The lowest BCUT2D eigenvalue weighted by molar-refractivity contribution is -0.126. The molecule has 1 amide bonds. The standard InChI is InChI=1S/C21H24N4O2S/c1-15-4-6-16(7-5-15)14-25-10-8-17(9-11-25)21(26)22-13-19-23-20(24-27-19)18-3-2-12-28-18/h2-7,12,17H,8-11,13-14H2,1H3,(H,22,26). The highest BCUT2D eigenvalue weighted by molar-refractivity contribution is 7.13. The largest absolute Gasteiger partial charge is 0.347 e. The molecule has 0 atom stereocenters. The molecule has 4 rings (SSSR count). The van der Waals surface area contributed by atoms with Crippen molar-refractivity contribution >= 4 is 17.2 Å². The van der Waals surface area contributed by atoms with E-state index in [4.69, 9.17) is 4.52 Å². The molecule has 1 aliphatic heterocycles. The molecule has 0 bridgehead atoms. The number of likely N-dealkylation sites (tertiary alicyclic amines) is 1. The zero-order chi connectivity index (χ0) is 19.3. The third kappa shape index (κ3) is 4.66. The highest BCUT2D eigenvalue weighted by Gasteiger charge is 2.25. The molecule has 1 saturated heterocycles. The van der Waals surface area contributed by atoms with E-state index in [0.29, 0.717) is 11.7 Å². The molecule has 1 N–H and O–H groups in total. The highest BCUT2D eigenvalue weighted by Crippen LogP contribution is 2.22. The zero-order valence-electron chi connectivity index (χ0n) is 15.9. The lowest BCUT2D eigenvalue weighted by Gasteiger charge is -2.31. The molecule has 6 nitrogen and oxygen atoms in total. The van der Waals surface area contributed by atoms with Crippen LogP contribution < -0.4 is 5.32 Å². The second kappa shape index (κ2) is 8.67. The number of aryl methyl sites for hydroxylation is 1. The summed E-state index contributed by atoms with van der Waals surface area (Å²) in [5.41, 5.74) is 2.61. The van der Waals surface area contributed by atoms with Gasteiger partial charge in [-0.2, -0.15) is 4.98 Å². The van der Waals surface area contributed by atoms with Crippen LogP contribution in [-0.2, 0) is 17.9 Å². The van der Waals surface area contributed by atoms with Crippen LogP contribution >= 0.6 is 11.3 Å². The van der Waals surface area contributed by atoms with Crippen LogP contribution in [0.5, 0.6) is 0 Å². The fraction of sp³-hybridized carbons (Fsp3) is 0.381. The molecule has 3 aromatic rings.